The van der Waals surface area contributed by atoms with Gasteiger partial charge in [0.25, 0.3) is 0 Å². The molecule has 0 aromatic heterocycles. The van der Waals surface area contributed by atoms with E-state index in [0.29, 0.717) is 11.1 Å². The number of ether oxygens (including phenoxy) is 2. The van der Waals surface area contributed by atoms with E-state index in [0.717, 1.165) is 0 Å². The van der Waals surface area contributed by atoms with Gasteiger partial charge < -0.3 is 29.9 Å². The third-order valence-electron chi connectivity index (χ3n) is 5.63. The van der Waals surface area contributed by atoms with Crippen molar-refractivity contribution < 1.29 is 39.5 Å². The molecular weight excluding hydrogens is 404 g/mol. The first kappa shape index (κ1) is 19.0. The molecule has 2 aliphatic heterocycles. The lowest BCUT2D eigenvalue weighted by atomic mass is 9.74. The molecule has 0 bridgehead atoms. The first-order valence-corrected chi connectivity index (χ1v) is 9.41. The summed E-state index contributed by atoms with van der Waals surface area (Å²) in [6.07, 6.45) is -1.33. The molecular formula is C23H16O8. The zero-order valence-corrected chi connectivity index (χ0v) is 16.1. The van der Waals surface area contributed by atoms with Crippen LogP contribution >= 0.6 is 0 Å². The number of rotatable bonds is 2. The molecule has 0 aliphatic carbocycles. The summed E-state index contributed by atoms with van der Waals surface area (Å²) in [6.45, 7) is 1.32. The number of phenols is 2. The van der Waals surface area contributed by atoms with Gasteiger partial charge in [-0.2, -0.15) is 0 Å². The second-order valence-electron chi connectivity index (χ2n) is 7.44. The van der Waals surface area contributed by atoms with Crippen molar-refractivity contribution in [3.8, 4) is 23.0 Å². The van der Waals surface area contributed by atoms with Gasteiger partial charge in [-0.05, 0) is 25.1 Å². The van der Waals surface area contributed by atoms with E-state index in [1.165, 1.54) is 31.2 Å². The van der Waals surface area contributed by atoms with Crippen LogP contribution in [0, 0.1) is 0 Å². The molecule has 5 rings (SSSR count). The Labute approximate surface area is 175 Å². The van der Waals surface area contributed by atoms with Crippen LogP contribution in [0.3, 0.4) is 0 Å². The molecule has 0 amide bonds. The topological polar surface area (TPSA) is 134 Å². The average Bonchev–Trinajstić information content (AvgIpc) is 3.00. The zero-order valence-electron chi connectivity index (χ0n) is 16.1. The molecule has 2 unspecified atom stereocenters. The predicted molar refractivity (Wildman–Crippen MR) is 106 cm³/mol. The van der Waals surface area contributed by atoms with Gasteiger partial charge in [-0.3, -0.25) is 0 Å². The summed E-state index contributed by atoms with van der Waals surface area (Å²) in [7, 11) is 0. The predicted octanol–water partition coefficient (Wildman–Crippen LogP) is 3.42. The number of hydrogen-bond donors (Lipinski definition) is 4. The van der Waals surface area contributed by atoms with Crippen molar-refractivity contribution in [2.24, 2.45) is 0 Å². The number of carboxylic acids is 1. The number of carboxylic acid groups (broad SMARTS) is 1. The maximum atomic E-state index is 12.8. The highest BCUT2D eigenvalue weighted by Crippen LogP contribution is 2.59. The van der Waals surface area contributed by atoms with Gasteiger partial charge in [0.05, 0.1) is 22.8 Å². The van der Waals surface area contributed by atoms with Gasteiger partial charge in [0, 0.05) is 28.8 Å². The van der Waals surface area contributed by atoms with Gasteiger partial charge in [-0.25, -0.2) is 9.59 Å². The molecule has 0 fully saturated rings. The first-order valence-electron chi connectivity index (χ1n) is 9.41. The molecule has 0 saturated carbocycles. The smallest absolute Gasteiger partial charge is 0.340 e. The number of aliphatic hydroxyl groups excluding tert-OH is 1. The minimum atomic E-state index is -1.71. The third kappa shape index (κ3) is 2.39. The van der Waals surface area contributed by atoms with E-state index in [-0.39, 0.29) is 33.9 Å². The number of hydrogen-bond acceptors (Lipinski definition) is 7. The van der Waals surface area contributed by atoms with E-state index in [2.05, 4.69) is 0 Å². The van der Waals surface area contributed by atoms with E-state index in [4.69, 9.17) is 9.47 Å². The summed E-state index contributed by atoms with van der Waals surface area (Å²) < 4.78 is 11.7. The van der Waals surface area contributed by atoms with Gasteiger partial charge in [0.2, 0.25) is 0 Å². The summed E-state index contributed by atoms with van der Waals surface area (Å²) in [6, 6.07) is 11.9. The Kier molecular flexibility index (Phi) is 3.81. The number of aromatic carboxylic acids is 1. The molecule has 0 radical (unpaired) electrons. The minimum absolute atomic E-state index is 0.0230. The van der Waals surface area contributed by atoms with E-state index in [1.807, 2.05) is 0 Å². The Bertz CT molecular complexity index is 1290. The van der Waals surface area contributed by atoms with Crippen molar-refractivity contribution >= 4 is 11.9 Å². The lowest BCUT2D eigenvalue weighted by molar-refractivity contribution is 0.0214. The second-order valence-corrected chi connectivity index (χ2v) is 7.44. The summed E-state index contributed by atoms with van der Waals surface area (Å²) in [4.78, 5) is 25.2. The summed E-state index contributed by atoms with van der Waals surface area (Å²) in [5.74, 6) is -2.63. The first-order chi connectivity index (χ1) is 14.8. The van der Waals surface area contributed by atoms with Crippen molar-refractivity contribution in [2.45, 2.75) is 18.6 Å². The third-order valence-corrected chi connectivity index (χ3v) is 5.63. The van der Waals surface area contributed by atoms with Crippen molar-refractivity contribution in [2.75, 3.05) is 0 Å². The minimum Gasteiger partial charge on any atom is -0.508 e. The van der Waals surface area contributed by atoms with Crippen molar-refractivity contribution in [1.82, 2.24) is 0 Å². The van der Waals surface area contributed by atoms with Gasteiger partial charge in [0.15, 0.2) is 5.60 Å². The number of phenolic OH excluding ortho intramolecular Hbond substituents is 2. The summed E-state index contributed by atoms with van der Waals surface area (Å²) >= 11 is 0. The summed E-state index contributed by atoms with van der Waals surface area (Å²) in [5.41, 5.74) is -1.44. The van der Waals surface area contributed by atoms with Crippen LogP contribution in [0.1, 0.15) is 56.0 Å². The van der Waals surface area contributed by atoms with Crippen LogP contribution in [0.2, 0.25) is 0 Å². The normalized spacial score (nSPS) is 19.1. The van der Waals surface area contributed by atoms with Crippen LogP contribution in [0.15, 0.2) is 48.5 Å². The van der Waals surface area contributed by atoms with E-state index < -0.39 is 35.0 Å². The zero-order chi connectivity index (χ0) is 22.1. The fraction of sp³-hybridized carbons (Fsp3) is 0.130. The van der Waals surface area contributed by atoms with Crippen molar-refractivity contribution in [3.05, 3.63) is 81.9 Å². The standard InChI is InChI=1S/C23H16O8/c1-10(24)18-15(26)9-17-20(19(18)21(27)28)23(14-7-6-11(25)8-16(14)30-17)13-5-3-2-4-12(13)22(29)31-23/h2-10,24-26H,1H3,(H,27,28). The SMILES string of the molecule is CC(O)c1c(O)cc2c(c1C(=O)O)C1(OC(=O)c3ccccc31)c1ccc(O)cc1O2. The number of carbonyl (C=O) groups excluding carboxylic acids is 1. The number of fused-ring (bicyclic) bond motifs is 6. The largest absolute Gasteiger partial charge is 0.508 e. The van der Waals surface area contributed by atoms with Crippen molar-refractivity contribution in [1.29, 1.82) is 0 Å². The molecule has 8 nitrogen and oxygen atoms in total. The van der Waals surface area contributed by atoms with Crippen LogP contribution < -0.4 is 4.74 Å². The lowest BCUT2D eigenvalue weighted by Crippen LogP contribution is -2.35. The molecule has 31 heavy (non-hydrogen) atoms. The lowest BCUT2D eigenvalue weighted by Gasteiger charge is -2.38. The maximum Gasteiger partial charge on any atom is 0.340 e. The molecule has 3 aromatic rings. The number of benzene rings is 3. The molecule has 3 aromatic carbocycles. The van der Waals surface area contributed by atoms with E-state index in [9.17, 15) is 30.0 Å². The highest BCUT2D eigenvalue weighted by molar-refractivity contribution is 6.00. The van der Waals surface area contributed by atoms with Crippen LogP contribution in [0.5, 0.6) is 23.0 Å². The van der Waals surface area contributed by atoms with Crippen molar-refractivity contribution in [3.63, 3.8) is 0 Å². The number of aliphatic hydroxyl groups is 1. The molecule has 8 heteroatoms. The Morgan fingerprint density at radius 2 is 1.77 bits per heavy atom. The molecule has 0 saturated heterocycles. The van der Waals surface area contributed by atoms with E-state index in [1.54, 1.807) is 24.3 Å². The van der Waals surface area contributed by atoms with Crippen LogP contribution in [-0.2, 0) is 10.3 Å². The fourth-order valence-electron chi connectivity index (χ4n) is 4.48. The van der Waals surface area contributed by atoms with Gasteiger partial charge >= 0.3 is 11.9 Å². The van der Waals surface area contributed by atoms with Gasteiger partial charge in [0.1, 0.15) is 23.0 Å². The van der Waals surface area contributed by atoms with E-state index >= 15 is 0 Å². The highest BCUT2D eigenvalue weighted by atomic mass is 16.6. The molecule has 2 aliphatic rings. The van der Waals surface area contributed by atoms with Crippen LogP contribution in [0.25, 0.3) is 0 Å². The number of carbonyl (C=O) groups is 2. The number of esters is 1. The van der Waals surface area contributed by atoms with Crippen LogP contribution in [-0.4, -0.2) is 32.4 Å². The van der Waals surface area contributed by atoms with Crippen LogP contribution in [0.4, 0.5) is 0 Å². The molecule has 2 heterocycles. The van der Waals surface area contributed by atoms with Gasteiger partial charge in [-0.1, -0.05) is 18.2 Å². The molecule has 156 valence electrons. The summed E-state index contributed by atoms with van der Waals surface area (Å²) in [5, 5.41) is 40.8. The second kappa shape index (κ2) is 6.23. The molecule has 1 spiro atoms. The fourth-order valence-corrected chi connectivity index (χ4v) is 4.48. The quantitative estimate of drug-likeness (QED) is 0.464. The Morgan fingerprint density at radius 3 is 2.48 bits per heavy atom. The molecule has 4 N–H and O–H groups in total. The number of aromatic hydroxyl groups is 2. The molecule has 2 atom stereocenters. The Balaban J connectivity index is 1.99. The highest BCUT2D eigenvalue weighted by Gasteiger charge is 2.56. The Hall–Kier alpha value is -4.04. The maximum absolute atomic E-state index is 12.8. The van der Waals surface area contributed by atoms with Gasteiger partial charge in [-0.15, -0.1) is 0 Å². The monoisotopic (exact) mass is 420 g/mol. The Morgan fingerprint density at radius 1 is 1.03 bits per heavy atom. The average molecular weight is 420 g/mol.